The van der Waals surface area contributed by atoms with Crippen LogP contribution in [-0.2, 0) is 42.9 Å². The van der Waals surface area contributed by atoms with Crippen LogP contribution in [0, 0.1) is 13.8 Å². The molecule has 0 aromatic heterocycles. The predicted octanol–water partition coefficient (Wildman–Crippen LogP) is 2.53. The van der Waals surface area contributed by atoms with Crippen LogP contribution in [0.25, 0.3) is 0 Å². The Morgan fingerprint density at radius 1 is 0.806 bits per heavy atom. The van der Waals surface area contributed by atoms with Crippen LogP contribution in [0.15, 0.2) is 71.5 Å². The molecule has 2 amide bonds. The molecule has 194 valence electrons. The van der Waals surface area contributed by atoms with Crippen molar-refractivity contribution in [3.8, 4) is 0 Å². The first-order valence-electron chi connectivity index (χ1n) is 10.6. The van der Waals surface area contributed by atoms with Crippen molar-refractivity contribution in [1.29, 1.82) is 0 Å². The van der Waals surface area contributed by atoms with Crippen molar-refractivity contribution in [3.63, 3.8) is 0 Å². The maximum Gasteiger partial charge on any atom is 0.294 e. The summed E-state index contributed by atoms with van der Waals surface area (Å²) in [4.78, 5) is 27.1. The molecule has 0 saturated heterocycles. The molecular formula is C24H28N2O8S2. The Bertz CT molecular complexity index is 1400. The topological polar surface area (TPSA) is 149 Å². The fraction of sp³-hybridized carbons (Fsp3) is 0.250. The molecule has 0 heterocycles. The monoisotopic (exact) mass is 536 g/mol. The summed E-state index contributed by atoms with van der Waals surface area (Å²) >= 11 is 0. The van der Waals surface area contributed by atoms with Crippen LogP contribution in [0.4, 0.5) is 0 Å². The fourth-order valence-corrected chi connectivity index (χ4v) is 4.85. The Balaban J connectivity index is 2.31. The fourth-order valence-electron chi connectivity index (χ4n) is 3.48. The number of amides is 2. The van der Waals surface area contributed by atoms with E-state index in [0.717, 1.165) is 12.2 Å². The van der Waals surface area contributed by atoms with E-state index in [1.165, 1.54) is 40.1 Å². The van der Waals surface area contributed by atoms with E-state index in [2.05, 4.69) is 13.2 Å². The molecule has 2 aromatic rings. The molecule has 2 N–H and O–H groups in total. The standard InChI is InChI=1S/C24H28N2O8S2/c1-5-23(27)25(15-19-9-10-21(14-18(19)4)35(29,30)31)11-12-26(24(28)6-2)16-20-8-7-17(3)13-22(20)36(32,33)34/h5-10,13-14H,1-2,11-12,15-16H2,3-4H3,(H,29,30,31)(H,32,33,34). The molecule has 0 aliphatic rings. The highest BCUT2D eigenvalue weighted by atomic mass is 32.2. The Kier molecular flexibility index (Phi) is 9.32. The third-order valence-corrected chi connectivity index (χ3v) is 7.23. The van der Waals surface area contributed by atoms with Crippen LogP contribution < -0.4 is 0 Å². The summed E-state index contributed by atoms with van der Waals surface area (Å²) in [7, 11) is -8.93. The maximum atomic E-state index is 12.5. The lowest BCUT2D eigenvalue weighted by Crippen LogP contribution is -2.39. The van der Waals surface area contributed by atoms with E-state index >= 15 is 0 Å². The second-order valence-electron chi connectivity index (χ2n) is 8.08. The second-order valence-corrected chi connectivity index (χ2v) is 10.9. The third-order valence-electron chi connectivity index (χ3n) is 5.45. The molecular weight excluding hydrogens is 508 g/mol. The lowest BCUT2D eigenvalue weighted by molar-refractivity contribution is -0.130. The minimum absolute atomic E-state index is 0.00856. The van der Waals surface area contributed by atoms with Crippen molar-refractivity contribution in [2.45, 2.75) is 36.7 Å². The first-order valence-corrected chi connectivity index (χ1v) is 13.5. The summed E-state index contributed by atoms with van der Waals surface area (Å²) in [5.74, 6) is -0.968. The van der Waals surface area contributed by atoms with Gasteiger partial charge >= 0.3 is 0 Å². The van der Waals surface area contributed by atoms with Gasteiger partial charge in [0.05, 0.1) is 9.79 Å². The van der Waals surface area contributed by atoms with Gasteiger partial charge in [0.15, 0.2) is 0 Å². The van der Waals surface area contributed by atoms with Crippen LogP contribution in [-0.4, -0.2) is 60.6 Å². The third kappa shape index (κ3) is 7.59. The summed E-state index contributed by atoms with van der Waals surface area (Å²) in [6, 6.07) is 8.41. The van der Waals surface area contributed by atoms with Gasteiger partial charge in [0.1, 0.15) is 0 Å². The Labute approximate surface area is 211 Å². The number of hydrogen-bond donors (Lipinski definition) is 2. The van der Waals surface area contributed by atoms with Crippen molar-refractivity contribution in [2.24, 2.45) is 0 Å². The summed E-state index contributed by atoms with van der Waals surface area (Å²) in [5, 5.41) is 0. The zero-order valence-corrected chi connectivity index (χ0v) is 21.5. The van der Waals surface area contributed by atoms with Gasteiger partial charge in [-0.15, -0.1) is 0 Å². The SMILES string of the molecule is C=CC(=O)N(CCN(Cc1ccc(C)cc1S(=O)(=O)O)C(=O)C=C)Cc1ccc(S(=O)(=O)O)cc1C. The molecule has 36 heavy (non-hydrogen) atoms. The molecule has 10 nitrogen and oxygen atoms in total. The number of nitrogens with zero attached hydrogens (tertiary/aromatic N) is 2. The summed E-state index contributed by atoms with van der Waals surface area (Å²) < 4.78 is 65.3. The summed E-state index contributed by atoms with van der Waals surface area (Å²) in [5.41, 5.74) is 1.91. The first-order chi connectivity index (χ1) is 16.7. The highest BCUT2D eigenvalue weighted by Gasteiger charge is 2.22. The van der Waals surface area contributed by atoms with Gasteiger partial charge < -0.3 is 9.80 Å². The molecule has 0 spiro atoms. The lowest BCUT2D eigenvalue weighted by Gasteiger charge is -2.28. The number of aryl methyl sites for hydroxylation is 2. The molecule has 12 heteroatoms. The van der Waals surface area contributed by atoms with E-state index in [1.807, 2.05) is 0 Å². The van der Waals surface area contributed by atoms with Crippen LogP contribution in [0.2, 0.25) is 0 Å². The Morgan fingerprint density at radius 2 is 1.31 bits per heavy atom. The lowest BCUT2D eigenvalue weighted by atomic mass is 10.1. The van der Waals surface area contributed by atoms with Crippen molar-refractivity contribution in [3.05, 3.63) is 84.0 Å². The number of carbonyl (C=O) groups is 2. The van der Waals surface area contributed by atoms with Crippen molar-refractivity contribution < 1.29 is 35.5 Å². The first kappa shape index (κ1) is 28.9. The molecule has 0 fully saturated rings. The van der Waals surface area contributed by atoms with Gasteiger partial charge in [0, 0.05) is 26.2 Å². The minimum atomic E-state index is -4.54. The molecule has 0 unspecified atom stereocenters. The van der Waals surface area contributed by atoms with E-state index in [4.69, 9.17) is 0 Å². The smallest absolute Gasteiger partial charge is 0.294 e. The van der Waals surface area contributed by atoms with Crippen LogP contribution in [0.5, 0.6) is 0 Å². The van der Waals surface area contributed by atoms with Gasteiger partial charge in [-0.2, -0.15) is 16.8 Å². The van der Waals surface area contributed by atoms with Crippen LogP contribution in [0.3, 0.4) is 0 Å². The van der Waals surface area contributed by atoms with E-state index in [1.54, 1.807) is 19.9 Å². The molecule has 2 rings (SSSR count). The minimum Gasteiger partial charge on any atom is -0.333 e. The van der Waals surface area contributed by atoms with Gasteiger partial charge in [-0.25, -0.2) is 0 Å². The molecule has 2 aromatic carbocycles. The Hall–Kier alpha value is -3.32. The van der Waals surface area contributed by atoms with Crippen molar-refractivity contribution in [1.82, 2.24) is 9.80 Å². The number of hydrogen-bond acceptors (Lipinski definition) is 6. The summed E-state index contributed by atoms with van der Waals surface area (Å²) in [6.45, 7) is 10.2. The Morgan fingerprint density at radius 3 is 1.75 bits per heavy atom. The van der Waals surface area contributed by atoms with Gasteiger partial charge in [0.25, 0.3) is 20.2 Å². The van der Waals surface area contributed by atoms with Crippen molar-refractivity contribution in [2.75, 3.05) is 13.1 Å². The highest BCUT2D eigenvalue weighted by Crippen LogP contribution is 2.21. The number of benzene rings is 2. The molecule has 0 aliphatic carbocycles. The van der Waals surface area contributed by atoms with E-state index in [0.29, 0.717) is 16.7 Å². The molecule has 0 bridgehead atoms. The molecule has 0 radical (unpaired) electrons. The maximum absolute atomic E-state index is 12.5. The van der Waals surface area contributed by atoms with Gasteiger partial charge in [-0.05, 0) is 66.5 Å². The van der Waals surface area contributed by atoms with E-state index in [9.17, 15) is 35.5 Å². The zero-order valence-electron chi connectivity index (χ0n) is 19.9. The average molecular weight is 537 g/mol. The predicted molar refractivity (Wildman–Crippen MR) is 133 cm³/mol. The molecule has 0 aliphatic heterocycles. The van der Waals surface area contributed by atoms with E-state index in [-0.39, 0.29) is 41.5 Å². The zero-order chi connectivity index (χ0) is 27.3. The summed E-state index contributed by atoms with van der Waals surface area (Å²) in [6.07, 6.45) is 2.15. The normalized spacial score (nSPS) is 11.6. The number of rotatable bonds is 11. The van der Waals surface area contributed by atoms with Gasteiger partial charge in [-0.3, -0.25) is 18.7 Å². The number of carbonyl (C=O) groups excluding carboxylic acids is 2. The quantitative estimate of drug-likeness (QED) is 0.329. The average Bonchev–Trinajstić information content (AvgIpc) is 2.80. The second kappa shape index (κ2) is 11.6. The molecule has 0 atom stereocenters. The van der Waals surface area contributed by atoms with Crippen LogP contribution >= 0.6 is 0 Å². The van der Waals surface area contributed by atoms with Gasteiger partial charge in [0.2, 0.25) is 11.8 Å². The van der Waals surface area contributed by atoms with Crippen molar-refractivity contribution >= 4 is 32.1 Å². The van der Waals surface area contributed by atoms with Crippen LogP contribution in [0.1, 0.15) is 22.3 Å². The van der Waals surface area contributed by atoms with Gasteiger partial charge in [-0.1, -0.05) is 31.4 Å². The largest absolute Gasteiger partial charge is 0.333 e. The molecule has 0 saturated carbocycles. The van der Waals surface area contributed by atoms with E-state index < -0.39 is 32.1 Å². The highest BCUT2D eigenvalue weighted by molar-refractivity contribution is 7.86.